The second-order valence-electron chi connectivity index (χ2n) is 6.32. The predicted molar refractivity (Wildman–Crippen MR) is 86.8 cm³/mol. The van der Waals surface area contributed by atoms with Gasteiger partial charge in [0.15, 0.2) is 0 Å². The lowest BCUT2D eigenvalue weighted by molar-refractivity contribution is 0.158. The molecule has 2 N–H and O–H groups in total. The molecule has 112 valence electrons. The lowest BCUT2D eigenvalue weighted by atomic mass is 9.89. The fraction of sp³-hybridized carbons (Fsp3) is 0.667. The van der Waals surface area contributed by atoms with Crippen LogP contribution in [0.15, 0.2) is 30.3 Å². The Morgan fingerprint density at radius 3 is 2.50 bits per heavy atom. The Balaban J connectivity index is 1.72. The third-order valence-corrected chi connectivity index (χ3v) is 4.62. The van der Waals surface area contributed by atoms with Crippen LogP contribution in [0.3, 0.4) is 0 Å². The first kappa shape index (κ1) is 15.5. The second-order valence-corrected chi connectivity index (χ2v) is 6.32. The van der Waals surface area contributed by atoms with Gasteiger partial charge in [0.25, 0.3) is 0 Å². The lowest BCUT2D eigenvalue weighted by Gasteiger charge is -2.34. The van der Waals surface area contributed by atoms with Gasteiger partial charge in [-0.25, -0.2) is 0 Å². The van der Waals surface area contributed by atoms with Crippen molar-refractivity contribution in [1.29, 1.82) is 0 Å². The van der Waals surface area contributed by atoms with Crippen molar-refractivity contribution >= 4 is 0 Å². The standard InChI is InChI=1S/C18H30N2/c1-2-6-18(14-19)15-20-11-9-17(10-12-20)13-16-7-4-3-5-8-16/h3-5,7-8,17-18H,2,6,9-15,19H2,1H3. The Hall–Kier alpha value is -0.860. The van der Waals surface area contributed by atoms with Crippen molar-refractivity contribution in [1.82, 2.24) is 4.90 Å². The molecule has 0 radical (unpaired) electrons. The van der Waals surface area contributed by atoms with E-state index >= 15 is 0 Å². The van der Waals surface area contributed by atoms with Gasteiger partial charge in [0.2, 0.25) is 0 Å². The van der Waals surface area contributed by atoms with Crippen LogP contribution in [0.4, 0.5) is 0 Å². The molecule has 0 spiro atoms. The highest BCUT2D eigenvalue weighted by Gasteiger charge is 2.21. The van der Waals surface area contributed by atoms with Crippen LogP contribution in [-0.4, -0.2) is 31.1 Å². The van der Waals surface area contributed by atoms with Gasteiger partial charge in [-0.05, 0) is 62.7 Å². The SMILES string of the molecule is CCCC(CN)CN1CCC(Cc2ccccc2)CC1. The highest BCUT2D eigenvalue weighted by Crippen LogP contribution is 2.22. The van der Waals surface area contributed by atoms with Gasteiger partial charge < -0.3 is 10.6 Å². The van der Waals surface area contributed by atoms with Gasteiger partial charge in [0.1, 0.15) is 0 Å². The van der Waals surface area contributed by atoms with Crippen LogP contribution in [0.25, 0.3) is 0 Å². The summed E-state index contributed by atoms with van der Waals surface area (Å²) in [5, 5.41) is 0. The Labute approximate surface area is 124 Å². The molecule has 2 heteroatoms. The molecule has 1 aliphatic rings. The molecule has 0 aliphatic carbocycles. The third kappa shape index (κ3) is 4.92. The smallest absolute Gasteiger partial charge is 0.00217 e. The van der Waals surface area contributed by atoms with Crippen molar-refractivity contribution < 1.29 is 0 Å². The minimum absolute atomic E-state index is 0.700. The molecule has 0 amide bonds. The summed E-state index contributed by atoms with van der Waals surface area (Å²) in [6.45, 7) is 6.84. The number of likely N-dealkylation sites (tertiary alicyclic amines) is 1. The molecular weight excluding hydrogens is 244 g/mol. The van der Waals surface area contributed by atoms with E-state index in [9.17, 15) is 0 Å². The van der Waals surface area contributed by atoms with Crippen molar-refractivity contribution in [2.24, 2.45) is 17.6 Å². The zero-order valence-corrected chi connectivity index (χ0v) is 12.9. The molecule has 1 fully saturated rings. The van der Waals surface area contributed by atoms with Crippen LogP contribution in [0.5, 0.6) is 0 Å². The third-order valence-electron chi connectivity index (χ3n) is 4.62. The van der Waals surface area contributed by atoms with Crippen molar-refractivity contribution in [3.8, 4) is 0 Å². The van der Waals surface area contributed by atoms with Crippen LogP contribution in [0.1, 0.15) is 38.2 Å². The molecule has 1 aromatic carbocycles. The molecule has 1 aromatic rings. The van der Waals surface area contributed by atoms with E-state index in [0.29, 0.717) is 5.92 Å². The number of hydrogen-bond acceptors (Lipinski definition) is 2. The molecule has 1 saturated heterocycles. The minimum Gasteiger partial charge on any atom is -0.330 e. The molecule has 1 heterocycles. The maximum absolute atomic E-state index is 5.88. The van der Waals surface area contributed by atoms with Crippen molar-refractivity contribution in [3.63, 3.8) is 0 Å². The molecule has 1 atom stereocenters. The summed E-state index contributed by atoms with van der Waals surface area (Å²) in [7, 11) is 0. The van der Waals surface area contributed by atoms with Gasteiger partial charge in [0, 0.05) is 6.54 Å². The number of nitrogens with zero attached hydrogens (tertiary/aromatic N) is 1. The summed E-state index contributed by atoms with van der Waals surface area (Å²) >= 11 is 0. The Morgan fingerprint density at radius 1 is 1.20 bits per heavy atom. The van der Waals surface area contributed by atoms with E-state index in [1.165, 1.54) is 57.3 Å². The average Bonchev–Trinajstić information content (AvgIpc) is 2.50. The molecule has 0 saturated carbocycles. The summed E-state index contributed by atoms with van der Waals surface area (Å²) in [6.07, 6.45) is 6.48. The summed E-state index contributed by atoms with van der Waals surface area (Å²) in [5.74, 6) is 1.57. The molecule has 2 nitrogen and oxygen atoms in total. The largest absolute Gasteiger partial charge is 0.330 e. The van der Waals surface area contributed by atoms with Gasteiger partial charge in [-0.1, -0.05) is 43.7 Å². The number of rotatable bonds is 7. The molecule has 1 aliphatic heterocycles. The molecule has 0 bridgehead atoms. The monoisotopic (exact) mass is 274 g/mol. The quantitative estimate of drug-likeness (QED) is 0.826. The van der Waals surface area contributed by atoms with Gasteiger partial charge in [-0.15, -0.1) is 0 Å². The van der Waals surface area contributed by atoms with E-state index in [2.05, 4.69) is 42.2 Å². The van der Waals surface area contributed by atoms with Crippen molar-refractivity contribution in [2.75, 3.05) is 26.2 Å². The second kappa shape index (κ2) is 8.43. The molecule has 0 aromatic heterocycles. The van der Waals surface area contributed by atoms with Crippen LogP contribution in [0.2, 0.25) is 0 Å². The Kier molecular flexibility index (Phi) is 6.55. The summed E-state index contributed by atoms with van der Waals surface area (Å²) in [6, 6.07) is 10.9. The van der Waals surface area contributed by atoms with E-state index in [4.69, 9.17) is 5.73 Å². The fourth-order valence-corrected chi connectivity index (χ4v) is 3.38. The predicted octanol–water partition coefficient (Wildman–Crippen LogP) is 3.32. The van der Waals surface area contributed by atoms with Crippen molar-refractivity contribution in [3.05, 3.63) is 35.9 Å². The van der Waals surface area contributed by atoms with Crippen LogP contribution >= 0.6 is 0 Å². The van der Waals surface area contributed by atoms with Gasteiger partial charge >= 0.3 is 0 Å². The average molecular weight is 274 g/mol. The van der Waals surface area contributed by atoms with Crippen LogP contribution in [-0.2, 0) is 6.42 Å². The van der Waals surface area contributed by atoms with E-state index in [0.717, 1.165) is 12.5 Å². The summed E-state index contributed by atoms with van der Waals surface area (Å²) < 4.78 is 0. The molecule has 1 unspecified atom stereocenters. The maximum Gasteiger partial charge on any atom is 0.00217 e. The fourth-order valence-electron chi connectivity index (χ4n) is 3.38. The Bertz CT molecular complexity index is 355. The first-order valence-electron chi connectivity index (χ1n) is 8.28. The number of nitrogens with two attached hydrogens (primary N) is 1. The molecular formula is C18H30N2. The number of hydrogen-bond donors (Lipinski definition) is 1. The van der Waals surface area contributed by atoms with Gasteiger partial charge in [0.05, 0.1) is 0 Å². The topological polar surface area (TPSA) is 29.3 Å². The maximum atomic E-state index is 5.88. The number of piperidine rings is 1. The number of benzene rings is 1. The zero-order valence-electron chi connectivity index (χ0n) is 12.9. The van der Waals surface area contributed by atoms with Crippen LogP contribution in [0, 0.1) is 11.8 Å². The van der Waals surface area contributed by atoms with E-state index < -0.39 is 0 Å². The van der Waals surface area contributed by atoms with Gasteiger partial charge in [-0.2, -0.15) is 0 Å². The van der Waals surface area contributed by atoms with Crippen LogP contribution < -0.4 is 5.73 Å². The molecule has 2 rings (SSSR count). The van der Waals surface area contributed by atoms with Gasteiger partial charge in [-0.3, -0.25) is 0 Å². The minimum atomic E-state index is 0.700. The summed E-state index contributed by atoms with van der Waals surface area (Å²) in [5.41, 5.74) is 7.38. The van der Waals surface area contributed by atoms with E-state index in [1.54, 1.807) is 0 Å². The summed E-state index contributed by atoms with van der Waals surface area (Å²) in [4.78, 5) is 2.63. The lowest BCUT2D eigenvalue weighted by Crippen LogP contribution is -2.39. The highest BCUT2D eigenvalue weighted by molar-refractivity contribution is 5.15. The van der Waals surface area contributed by atoms with E-state index in [-0.39, 0.29) is 0 Å². The first-order valence-corrected chi connectivity index (χ1v) is 8.28. The highest BCUT2D eigenvalue weighted by atomic mass is 15.1. The zero-order chi connectivity index (χ0) is 14.2. The first-order chi connectivity index (χ1) is 9.81. The normalized spacial score (nSPS) is 19.1. The van der Waals surface area contributed by atoms with Crippen molar-refractivity contribution in [2.45, 2.75) is 39.0 Å². The van der Waals surface area contributed by atoms with E-state index in [1.807, 2.05) is 0 Å². The molecule has 20 heavy (non-hydrogen) atoms. The Morgan fingerprint density at radius 2 is 1.90 bits per heavy atom.